The van der Waals surface area contributed by atoms with Crippen LogP contribution in [0, 0.1) is 52.3 Å². The van der Waals surface area contributed by atoms with Crippen molar-refractivity contribution >= 4 is 5.97 Å². The molecule has 4 fully saturated rings. The molecule has 5 rings (SSSR count). The quantitative estimate of drug-likeness (QED) is 0.483. The first-order valence-corrected chi connectivity index (χ1v) is 14.2. The highest BCUT2D eigenvalue weighted by molar-refractivity contribution is 5.87. The molecule has 0 bridgehead atoms. The zero-order valence-electron chi connectivity index (χ0n) is 22.4. The predicted molar refractivity (Wildman–Crippen MR) is 138 cm³/mol. The fourth-order valence-electron chi connectivity index (χ4n) is 9.77. The van der Waals surface area contributed by atoms with E-state index in [0.717, 1.165) is 25.7 Å². The fraction of sp³-hybridized carbons (Fsp3) is 0.800. The van der Waals surface area contributed by atoms with Gasteiger partial charge in [0, 0.05) is 12.3 Å². The molecule has 11 atom stereocenters. The van der Waals surface area contributed by atoms with Gasteiger partial charge in [0.1, 0.15) is 0 Å². The van der Waals surface area contributed by atoms with E-state index in [1.54, 1.807) is 6.07 Å². The molecule has 1 aromatic heterocycles. The van der Waals surface area contributed by atoms with E-state index in [2.05, 4.69) is 32.7 Å². The lowest BCUT2D eigenvalue weighted by Gasteiger charge is -2.64. The van der Waals surface area contributed by atoms with Crippen LogP contribution in [0.3, 0.4) is 0 Å². The van der Waals surface area contributed by atoms with Crippen LogP contribution >= 0.6 is 0 Å². The van der Waals surface area contributed by atoms with Gasteiger partial charge in [-0.15, -0.1) is 0 Å². The molecule has 6 heteroatoms. The molecular formula is C30H45NO5. The number of aliphatic hydroxyl groups is 2. The molecule has 1 heterocycles. The average molecular weight is 500 g/mol. The molecule has 200 valence electrons. The van der Waals surface area contributed by atoms with Gasteiger partial charge in [0.05, 0.1) is 24.4 Å². The fourth-order valence-corrected chi connectivity index (χ4v) is 9.77. The first kappa shape index (κ1) is 26.0. The maximum Gasteiger partial charge on any atom is 0.337 e. The van der Waals surface area contributed by atoms with Gasteiger partial charge in [-0.3, -0.25) is 0 Å². The smallest absolute Gasteiger partial charge is 0.337 e. The molecule has 0 saturated heterocycles. The molecule has 4 aliphatic rings. The van der Waals surface area contributed by atoms with E-state index in [9.17, 15) is 15.0 Å². The Balaban J connectivity index is 1.26. The number of hydrogen-bond acceptors (Lipinski definition) is 5. The molecule has 4 saturated carbocycles. The number of aromatic nitrogens is 1. The van der Waals surface area contributed by atoms with Gasteiger partial charge in [0.2, 0.25) is 5.88 Å². The molecule has 0 amide bonds. The summed E-state index contributed by atoms with van der Waals surface area (Å²) in [7, 11) is 0. The van der Waals surface area contributed by atoms with E-state index in [1.807, 2.05) is 0 Å². The summed E-state index contributed by atoms with van der Waals surface area (Å²) in [6.07, 6.45) is 9.55. The summed E-state index contributed by atoms with van der Waals surface area (Å²) in [5, 5.41) is 31.1. The Hall–Kier alpha value is -1.66. The van der Waals surface area contributed by atoms with Crippen molar-refractivity contribution in [3.05, 3.63) is 23.9 Å². The number of rotatable bonds is 6. The number of fused-ring (bicyclic) bond motifs is 5. The predicted octanol–water partition coefficient (Wildman–Crippen LogP) is 5.42. The zero-order chi connectivity index (χ0) is 25.8. The standard InChI is InChI=1S/C30H45NO5/c1-17(11-14-36-25-8-5-19(16-31-25)28(34)35)21-6-7-22-26-23(10-13-29(21,22)3)30(4)12-9-20(32)15-24(30)18(2)27(26)33/h5,8,16-18,20-24,26-27,32-33H,6-7,9-15H2,1-4H3,(H,34,35)/t17-,18-,20-,21-,22+,23+,24+,26+,27-,29-,30-/m1/s1. The molecule has 6 nitrogen and oxygen atoms in total. The Morgan fingerprint density at radius 1 is 1.08 bits per heavy atom. The second-order valence-corrected chi connectivity index (χ2v) is 13.2. The molecule has 0 unspecified atom stereocenters. The van der Waals surface area contributed by atoms with Gasteiger partial charge < -0.3 is 20.1 Å². The number of pyridine rings is 1. The highest BCUT2D eigenvalue weighted by Crippen LogP contribution is 2.69. The number of carbonyl (C=O) groups is 1. The number of aromatic carboxylic acids is 1. The van der Waals surface area contributed by atoms with Crippen LogP contribution in [0.5, 0.6) is 5.88 Å². The molecular weight excluding hydrogens is 454 g/mol. The van der Waals surface area contributed by atoms with Crippen molar-refractivity contribution in [2.45, 2.75) is 91.3 Å². The largest absolute Gasteiger partial charge is 0.478 e. The normalized spacial score (nSPS) is 44.7. The number of carboxylic acid groups (broad SMARTS) is 1. The number of ether oxygens (including phenoxy) is 1. The Kier molecular flexibility index (Phi) is 6.91. The summed E-state index contributed by atoms with van der Waals surface area (Å²) in [5.74, 6) is 2.81. The van der Waals surface area contributed by atoms with E-state index in [-0.39, 0.29) is 34.5 Å². The highest BCUT2D eigenvalue weighted by atomic mass is 16.5. The van der Waals surface area contributed by atoms with Crippen molar-refractivity contribution in [3.63, 3.8) is 0 Å². The molecule has 0 aliphatic heterocycles. The minimum Gasteiger partial charge on any atom is -0.478 e. The Morgan fingerprint density at radius 2 is 1.81 bits per heavy atom. The number of carboxylic acids is 1. The summed E-state index contributed by atoms with van der Waals surface area (Å²) >= 11 is 0. The summed E-state index contributed by atoms with van der Waals surface area (Å²) < 4.78 is 5.87. The first-order chi connectivity index (χ1) is 17.1. The van der Waals surface area contributed by atoms with Gasteiger partial charge in [-0.1, -0.05) is 27.7 Å². The van der Waals surface area contributed by atoms with E-state index >= 15 is 0 Å². The van der Waals surface area contributed by atoms with Crippen LogP contribution in [0.25, 0.3) is 0 Å². The zero-order valence-corrected chi connectivity index (χ0v) is 22.4. The molecule has 4 aliphatic carbocycles. The first-order valence-electron chi connectivity index (χ1n) is 14.2. The van der Waals surface area contributed by atoms with Crippen LogP contribution < -0.4 is 4.74 Å². The molecule has 0 spiro atoms. The maximum atomic E-state index is 11.7. The van der Waals surface area contributed by atoms with Crippen molar-refractivity contribution in [1.29, 1.82) is 0 Å². The van der Waals surface area contributed by atoms with E-state index in [4.69, 9.17) is 9.84 Å². The Labute approximate surface area is 215 Å². The second kappa shape index (κ2) is 9.58. The number of nitrogens with zero attached hydrogens (tertiary/aromatic N) is 1. The van der Waals surface area contributed by atoms with Gasteiger partial charge in [-0.25, -0.2) is 9.78 Å². The Bertz CT molecular complexity index is 951. The van der Waals surface area contributed by atoms with E-state index in [1.165, 1.54) is 37.9 Å². The van der Waals surface area contributed by atoms with Crippen molar-refractivity contribution in [3.8, 4) is 5.88 Å². The minimum absolute atomic E-state index is 0.167. The van der Waals surface area contributed by atoms with Gasteiger partial charge in [-0.05, 0) is 110 Å². The van der Waals surface area contributed by atoms with Crippen LogP contribution in [0.2, 0.25) is 0 Å². The van der Waals surface area contributed by atoms with Crippen LogP contribution in [-0.4, -0.2) is 45.1 Å². The van der Waals surface area contributed by atoms with Gasteiger partial charge in [-0.2, -0.15) is 0 Å². The van der Waals surface area contributed by atoms with Crippen LogP contribution in [0.15, 0.2) is 18.3 Å². The molecule has 3 N–H and O–H groups in total. The third-order valence-electron chi connectivity index (χ3n) is 11.7. The molecule has 0 radical (unpaired) electrons. The molecule has 36 heavy (non-hydrogen) atoms. The summed E-state index contributed by atoms with van der Waals surface area (Å²) in [6, 6.07) is 3.16. The number of hydrogen-bond donors (Lipinski definition) is 3. The van der Waals surface area contributed by atoms with E-state index in [0.29, 0.717) is 48.0 Å². The maximum absolute atomic E-state index is 11.7. The SMILES string of the molecule is C[C@H]1[C@@H](O)[C@@H]2[C@H](CC[C@]3(C)[C@@H]([C@H](C)CCOc4ccc(C(=O)O)cn4)CC[C@@H]23)[C@@]2(C)CC[C@@H](O)C[C@@H]12. The lowest BCUT2D eigenvalue weighted by molar-refractivity contribution is -0.199. The topological polar surface area (TPSA) is 99.9 Å². The van der Waals surface area contributed by atoms with Crippen molar-refractivity contribution in [2.24, 2.45) is 52.3 Å². The Morgan fingerprint density at radius 3 is 2.50 bits per heavy atom. The van der Waals surface area contributed by atoms with Gasteiger partial charge in [0.15, 0.2) is 0 Å². The van der Waals surface area contributed by atoms with Crippen LogP contribution in [0.4, 0.5) is 0 Å². The van der Waals surface area contributed by atoms with E-state index < -0.39 is 5.97 Å². The van der Waals surface area contributed by atoms with Crippen LogP contribution in [0.1, 0.15) is 89.4 Å². The third kappa shape index (κ3) is 4.16. The van der Waals surface area contributed by atoms with Gasteiger partial charge >= 0.3 is 5.97 Å². The minimum atomic E-state index is -0.982. The van der Waals surface area contributed by atoms with Crippen LogP contribution in [-0.2, 0) is 0 Å². The van der Waals surface area contributed by atoms with Gasteiger partial charge in [0.25, 0.3) is 0 Å². The summed E-state index contributed by atoms with van der Waals surface area (Å²) in [5.41, 5.74) is 0.657. The highest BCUT2D eigenvalue weighted by Gasteiger charge is 2.64. The lowest BCUT2D eigenvalue weighted by Crippen LogP contribution is -2.61. The molecule has 0 aromatic carbocycles. The lowest BCUT2D eigenvalue weighted by atomic mass is 9.42. The monoisotopic (exact) mass is 499 g/mol. The van der Waals surface area contributed by atoms with Crippen molar-refractivity contribution in [1.82, 2.24) is 4.98 Å². The third-order valence-corrected chi connectivity index (χ3v) is 11.7. The second-order valence-electron chi connectivity index (χ2n) is 13.2. The van der Waals surface area contributed by atoms with Crippen molar-refractivity contribution in [2.75, 3.05) is 6.61 Å². The summed E-state index contributed by atoms with van der Waals surface area (Å²) in [4.78, 5) is 15.2. The average Bonchev–Trinajstić information content (AvgIpc) is 3.21. The van der Waals surface area contributed by atoms with Crippen molar-refractivity contribution < 1.29 is 24.9 Å². The molecule has 1 aromatic rings. The summed E-state index contributed by atoms with van der Waals surface area (Å²) in [6.45, 7) is 10.2. The number of aliphatic hydroxyl groups excluding tert-OH is 2.